The minimum Gasteiger partial charge on any atom is -0.361 e. The van der Waals surface area contributed by atoms with Crippen LogP contribution in [0.3, 0.4) is 0 Å². The van der Waals surface area contributed by atoms with E-state index < -0.39 is 5.66 Å². The molecule has 23 heavy (non-hydrogen) atoms. The van der Waals surface area contributed by atoms with E-state index in [2.05, 4.69) is 15.4 Å². The average Bonchev–Trinajstić information content (AvgIpc) is 2.55. The Morgan fingerprint density at radius 1 is 1.00 bits per heavy atom. The molecule has 0 atom stereocenters. The molecule has 0 aliphatic carbocycles. The first-order valence-corrected chi connectivity index (χ1v) is 7.51. The molecule has 4 rings (SSSR count). The average molecular weight is 304 g/mol. The zero-order chi connectivity index (χ0) is 16.0. The van der Waals surface area contributed by atoms with E-state index in [-0.39, 0.29) is 5.56 Å². The Morgan fingerprint density at radius 3 is 2.48 bits per heavy atom. The molecule has 1 aromatic heterocycles. The number of aromatic nitrogens is 3. The maximum atomic E-state index is 12.5. The van der Waals surface area contributed by atoms with Gasteiger partial charge in [-0.15, -0.1) is 0 Å². The zero-order valence-corrected chi connectivity index (χ0v) is 12.9. The lowest BCUT2D eigenvalue weighted by molar-refractivity contribution is 0.357. The standard InChI is InChI=1S/C18H16N4O/c1-18(2)20-14-11-7-6-10-13(14)16-19-17(23)15(21-22(16)18)12-8-4-3-5-9-12/h3-11,20H,1-2H3. The van der Waals surface area contributed by atoms with E-state index in [1.807, 2.05) is 68.4 Å². The molecule has 0 fully saturated rings. The highest BCUT2D eigenvalue weighted by Crippen LogP contribution is 2.36. The third kappa shape index (κ3) is 2.12. The summed E-state index contributed by atoms with van der Waals surface area (Å²) in [5, 5.41) is 8.06. The van der Waals surface area contributed by atoms with Gasteiger partial charge in [0.2, 0.25) is 0 Å². The highest BCUT2D eigenvalue weighted by atomic mass is 16.1. The number of benzene rings is 2. The van der Waals surface area contributed by atoms with Crippen molar-refractivity contribution in [1.29, 1.82) is 0 Å². The molecule has 5 nitrogen and oxygen atoms in total. The molecule has 1 N–H and O–H groups in total. The molecule has 2 aromatic carbocycles. The van der Waals surface area contributed by atoms with Gasteiger partial charge in [-0.05, 0) is 26.0 Å². The van der Waals surface area contributed by atoms with Gasteiger partial charge >= 0.3 is 0 Å². The van der Waals surface area contributed by atoms with Crippen LogP contribution in [0.4, 0.5) is 5.69 Å². The van der Waals surface area contributed by atoms with E-state index in [4.69, 9.17) is 0 Å². The van der Waals surface area contributed by atoms with Crippen molar-refractivity contribution in [2.24, 2.45) is 0 Å². The fourth-order valence-corrected chi connectivity index (χ4v) is 2.90. The summed E-state index contributed by atoms with van der Waals surface area (Å²) in [5.41, 5.74) is 2.19. The Hall–Kier alpha value is -2.95. The maximum Gasteiger partial charge on any atom is 0.300 e. The van der Waals surface area contributed by atoms with E-state index in [1.165, 1.54) is 0 Å². The lowest BCUT2D eigenvalue weighted by Crippen LogP contribution is -2.42. The van der Waals surface area contributed by atoms with Crippen LogP contribution in [0, 0.1) is 0 Å². The highest BCUT2D eigenvalue weighted by Gasteiger charge is 2.32. The summed E-state index contributed by atoms with van der Waals surface area (Å²) >= 11 is 0. The third-order valence-electron chi connectivity index (χ3n) is 4.00. The molecule has 0 amide bonds. The molecule has 0 unspecified atom stereocenters. The predicted octanol–water partition coefficient (Wildman–Crippen LogP) is 3.09. The summed E-state index contributed by atoms with van der Waals surface area (Å²) in [7, 11) is 0. The number of nitrogens with zero attached hydrogens (tertiary/aromatic N) is 3. The van der Waals surface area contributed by atoms with Gasteiger partial charge in [0.25, 0.3) is 5.56 Å². The Bertz CT molecular complexity index is 945. The van der Waals surface area contributed by atoms with Crippen LogP contribution in [0.15, 0.2) is 59.4 Å². The molecule has 1 aliphatic heterocycles. The van der Waals surface area contributed by atoms with Gasteiger partial charge in [-0.2, -0.15) is 10.1 Å². The lowest BCUT2D eigenvalue weighted by Gasteiger charge is -2.36. The number of fused-ring (bicyclic) bond motifs is 3. The number of rotatable bonds is 1. The van der Waals surface area contributed by atoms with Gasteiger partial charge in [0.05, 0.1) is 0 Å². The normalized spacial score (nSPS) is 14.5. The maximum absolute atomic E-state index is 12.5. The minimum absolute atomic E-state index is 0.310. The largest absolute Gasteiger partial charge is 0.361 e. The van der Waals surface area contributed by atoms with Crippen LogP contribution in [0.2, 0.25) is 0 Å². The third-order valence-corrected chi connectivity index (χ3v) is 4.00. The summed E-state index contributed by atoms with van der Waals surface area (Å²) in [6.07, 6.45) is 0. The summed E-state index contributed by atoms with van der Waals surface area (Å²) < 4.78 is 1.79. The zero-order valence-electron chi connectivity index (χ0n) is 12.9. The lowest BCUT2D eigenvalue weighted by atomic mass is 10.1. The smallest absolute Gasteiger partial charge is 0.300 e. The van der Waals surface area contributed by atoms with Crippen LogP contribution in [0.25, 0.3) is 22.6 Å². The van der Waals surface area contributed by atoms with Gasteiger partial charge in [-0.1, -0.05) is 42.5 Å². The summed E-state index contributed by atoms with van der Waals surface area (Å²) in [6.45, 7) is 4.03. The monoisotopic (exact) mass is 304 g/mol. The highest BCUT2D eigenvalue weighted by molar-refractivity contribution is 5.76. The number of anilines is 1. The second kappa shape index (κ2) is 4.78. The number of hydrogen-bond donors (Lipinski definition) is 1. The molecule has 0 saturated carbocycles. The first kappa shape index (κ1) is 13.7. The van der Waals surface area contributed by atoms with Crippen LogP contribution >= 0.6 is 0 Å². The van der Waals surface area contributed by atoms with Crippen molar-refractivity contribution < 1.29 is 0 Å². The van der Waals surface area contributed by atoms with Crippen LogP contribution in [0.1, 0.15) is 13.8 Å². The second-order valence-electron chi connectivity index (χ2n) is 6.10. The summed E-state index contributed by atoms with van der Waals surface area (Å²) in [6, 6.07) is 17.2. The van der Waals surface area contributed by atoms with Crippen LogP contribution in [-0.4, -0.2) is 14.8 Å². The van der Waals surface area contributed by atoms with Crippen LogP contribution < -0.4 is 10.9 Å². The van der Waals surface area contributed by atoms with Crippen molar-refractivity contribution in [1.82, 2.24) is 14.8 Å². The van der Waals surface area contributed by atoms with Crippen molar-refractivity contribution >= 4 is 5.69 Å². The van der Waals surface area contributed by atoms with Crippen molar-refractivity contribution in [3.8, 4) is 22.6 Å². The number of para-hydroxylation sites is 1. The molecule has 5 heteroatoms. The van der Waals surface area contributed by atoms with Crippen molar-refractivity contribution in [2.75, 3.05) is 5.32 Å². The molecule has 0 saturated heterocycles. The summed E-state index contributed by atoms with van der Waals surface area (Å²) in [5.74, 6) is 0.592. The topological polar surface area (TPSA) is 59.8 Å². The molecule has 3 aromatic rings. The second-order valence-corrected chi connectivity index (χ2v) is 6.10. The first-order valence-electron chi connectivity index (χ1n) is 7.51. The Balaban J connectivity index is 2.01. The van der Waals surface area contributed by atoms with E-state index in [0.29, 0.717) is 11.5 Å². The van der Waals surface area contributed by atoms with E-state index in [1.54, 1.807) is 4.68 Å². The van der Waals surface area contributed by atoms with Gasteiger partial charge in [0.1, 0.15) is 5.66 Å². The number of nitrogens with one attached hydrogen (secondary N) is 1. The van der Waals surface area contributed by atoms with Gasteiger partial charge in [0.15, 0.2) is 11.5 Å². The van der Waals surface area contributed by atoms with E-state index in [0.717, 1.165) is 16.8 Å². The fourth-order valence-electron chi connectivity index (χ4n) is 2.90. The molecule has 0 bridgehead atoms. The SMILES string of the molecule is CC1(C)Nc2ccccc2-c2nc(=O)c(-c3ccccc3)nn21. The first-order chi connectivity index (χ1) is 11.1. The van der Waals surface area contributed by atoms with Crippen molar-refractivity contribution in [2.45, 2.75) is 19.5 Å². The molecule has 2 heterocycles. The van der Waals surface area contributed by atoms with Gasteiger partial charge in [-0.25, -0.2) is 4.68 Å². The van der Waals surface area contributed by atoms with Gasteiger partial charge in [-0.3, -0.25) is 4.79 Å². The van der Waals surface area contributed by atoms with E-state index >= 15 is 0 Å². The fraction of sp³-hybridized carbons (Fsp3) is 0.167. The summed E-state index contributed by atoms with van der Waals surface area (Å²) in [4.78, 5) is 16.8. The molecule has 0 radical (unpaired) electrons. The molecular formula is C18H16N4O. The van der Waals surface area contributed by atoms with E-state index in [9.17, 15) is 4.79 Å². The van der Waals surface area contributed by atoms with Crippen LogP contribution in [0.5, 0.6) is 0 Å². The predicted molar refractivity (Wildman–Crippen MR) is 90.1 cm³/mol. The van der Waals surface area contributed by atoms with Crippen molar-refractivity contribution in [3.05, 3.63) is 65.0 Å². The Morgan fingerprint density at radius 2 is 1.70 bits per heavy atom. The minimum atomic E-state index is -0.478. The number of hydrogen-bond acceptors (Lipinski definition) is 4. The van der Waals surface area contributed by atoms with Gasteiger partial charge in [0, 0.05) is 16.8 Å². The molecule has 0 spiro atoms. The van der Waals surface area contributed by atoms with Crippen LogP contribution in [-0.2, 0) is 5.66 Å². The molecule has 114 valence electrons. The Kier molecular flexibility index (Phi) is 2.84. The quantitative estimate of drug-likeness (QED) is 0.750. The van der Waals surface area contributed by atoms with Crippen molar-refractivity contribution in [3.63, 3.8) is 0 Å². The Labute approximate surface area is 133 Å². The molecule has 1 aliphatic rings. The van der Waals surface area contributed by atoms with Gasteiger partial charge < -0.3 is 5.32 Å². The molecular weight excluding hydrogens is 288 g/mol.